The summed E-state index contributed by atoms with van der Waals surface area (Å²) in [7, 11) is -4.05. The van der Waals surface area contributed by atoms with Crippen LogP contribution >= 0.6 is 0 Å². The molecule has 1 spiro atoms. The van der Waals surface area contributed by atoms with Crippen LogP contribution in [0.4, 0.5) is 0 Å². The van der Waals surface area contributed by atoms with Gasteiger partial charge in [-0.25, -0.2) is 4.18 Å². The molecule has 31 atom stereocenters. The predicted molar refractivity (Wildman–Crippen MR) is 313 cm³/mol. The number of ether oxygens (including phenoxy) is 14. The van der Waals surface area contributed by atoms with Crippen LogP contribution in [-0.2, 0) is 90.5 Å². The first-order valence-corrected chi connectivity index (χ1v) is 33.7. The lowest BCUT2D eigenvalue weighted by Crippen LogP contribution is -2.67. The molecule has 532 valence electrons. The van der Waals surface area contributed by atoms with E-state index in [4.69, 9.17) is 70.5 Å². The third-order valence-corrected chi connectivity index (χ3v) is 22.7. The highest BCUT2D eigenvalue weighted by Gasteiger charge is 2.79. The van der Waals surface area contributed by atoms with Gasteiger partial charge in [-0.05, 0) is 95.8 Å². The number of esters is 2. The highest BCUT2D eigenvalue weighted by molar-refractivity contribution is 7.80. The van der Waals surface area contributed by atoms with Gasteiger partial charge in [0.15, 0.2) is 31.5 Å². The molecule has 6 aliphatic heterocycles. The fourth-order valence-corrected chi connectivity index (χ4v) is 18.3. The van der Waals surface area contributed by atoms with Crippen molar-refractivity contribution in [3.63, 3.8) is 0 Å². The zero-order chi connectivity index (χ0) is 68.0. The lowest BCUT2D eigenvalue weighted by molar-refractivity contribution is -0.402. The van der Waals surface area contributed by atoms with Gasteiger partial charge < -0.3 is 117 Å². The van der Waals surface area contributed by atoms with Crippen LogP contribution in [0.1, 0.15) is 114 Å². The molecule has 0 aromatic rings. The van der Waals surface area contributed by atoms with Gasteiger partial charge in [0.1, 0.15) is 109 Å². The Hall–Kier alpha value is -2.59. The Bertz CT molecular complexity index is 2810. The monoisotopic (exact) mass is 1350 g/mol. The van der Waals surface area contributed by atoms with Gasteiger partial charge in [-0.1, -0.05) is 51.5 Å². The van der Waals surface area contributed by atoms with Gasteiger partial charge in [0.25, 0.3) is 0 Å². The van der Waals surface area contributed by atoms with E-state index in [1.807, 2.05) is 39.8 Å². The van der Waals surface area contributed by atoms with E-state index >= 15 is 0 Å². The molecule has 9 fully saturated rings. The van der Waals surface area contributed by atoms with Crippen molar-refractivity contribution >= 4 is 22.3 Å². The van der Waals surface area contributed by atoms with Gasteiger partial charge in [0.2, 0.25) is 0 Å². The number of fused-ring (bicyclic) bond motifs is 4. The average Bonchev–Trinajstić information content (AvgIpc) is 1.52. The molecular weight excluding hydrogens is 1260 g/mol. The summed E-state index contributed by atoms with van der Waals surface area (Å²) in [5.74, 6) is -1.35. The normalized spacial score (nSPS) is 49.2. The van der Waals surface area contributed by atoms with Crippen LogP contribution in [0.5, 0.6) is 0 Å². The van der Waals surface area contributed by atoms with E-state index in [9.17, 15) is 73.6 Å². The number of aliphatic hydroxyl groups is 10. The number of cyclic esters (lactones) is 1. The SMILES string of the molecule is CCOC(C)(C)/C=C/C[C@]1(C)OC(=O)[C@]23CC[C@@H]4C(=CC[C@H]5C(C)(C)[C@@H](O[C@@H]6OC[C@@H](OS(=O)(=O)O)[C@H](O)[C@H]6O[C@@H]6O[C@H](C)[C@@H](O[C@@H]7O[C@H](CO)[C@@H](O)[C@H](O[C@@H]8OC[C@@H](O)[C@H](OC)[C@H]8O)[C@H]7O)[C@H](O)[C@H]6O[C@@H]6OC[C@@H](O)[C@H](O)[C@H]6O)CC[C@]45C)[C@]2(C)C[C@H](OC(C)=O)[C@@H]31. The molecule has 93 heavy (non-hydrogen) atoms. The van der Waals surface area contributed by atoms with Crippen LogP contribution < -0.4 is 0 Å². The van der Waals surface area contributed by atoms with Gasteiger partial charge >= 0.3 is 22.3 Å². The second-order valence-corrected chi connectivity index (χ2v) is 29.8. The minimum Gasteiger partial charge on any atom is -0.462 e. The summed E-state index contributed by atoms with van der Waals surface area (Å²) in [6.07, 6.45) is -30.0. The molecule has 0 amide bonds. The molecule has 11 N–H and O–H groups in total. The van der Waals surface area contributed by atoms with E-state index < -0.39 is 222 Å². The number of hydrogen-bond acceptors (Lipinski definition) is 29. The van der Waals surface area contributed by atoms with Gasteiger partial charge in [-0.2, -0.15) is 8.42 Å². The summed E-state index contributed by atoms with van der Waals surface area (Å²) >= 11 is 0. The van der Waals surface area contributed by atoms with E-state index in [0.717, 1.165) is 5.57 Å². The van der Waals surface area contributed by atoms with Gasteiger partial charge in [0, 0.05) is 32.5 Å². The summed E-state index contributed by atoms with van der Waals surface area (Å²) < 4.78 is 124. The summed E-state index contributed by atoms with van der Waals surface area (Å²) in [5, 5.41) is 112. The molecule has 3 saturated carbocycles. The quantitative estimate of drug-likeness (QED) is 0.0400. The molecule has 0 aromatic heterocycles. The maximum Gasteiger partial charge on any atom is 0.397 e. The molecule has 6 saturated heterocycles. The molecule has 0 unspecified atom stereocenters. The second-order valence-electron chi connectivity index (χ2n) is 28.8. The molecular formula is C62H98O30S. The highest BCUT2D eigenvalue weighted by atomic mass is 32.3. The van der Waals surface area contributed by atoms with Crippen LogP contribution in [0.25, 0.3) is 0 Å². The standard InChI is InChI=1S/C62H98O30S/c1-12-82-57(4,5)18-13-19-61(10)50-33(84-28(3)64)22-60(9)30-14-15-36-58(6,7)37(17-20-59(36,8)29(30)16-21-62(50,60)56(74)91-61)86-54-48(40(69)35(26-81-54)92-93(75,76)77)90-55-49(89-51-41(70)38(67)31(65)24-79-51)42(71)45(27(2)83-55)87-53-44(73)47(39(68)34(23-63)85-53)88-52-43(72)46(78-11)32(66)25-80-52/h13-14,18,27,29,31-55,63,65-73H,12,15-17,19-26H2,1-11H3,(H,75,76,77)/b18-13+/t27-,29-,31-,32-,33+,34-,35-,36+,37+,38+,39-,40+,41-,42+,43-,44-,45-,46+,47+,48-,49-,50-,51+,52+,53+,54+,55+,59-,60+,61+,62-/m1/s1. The zero-order valence-corrected chi connectivity index (χ0v) is 55.2. The Kier molecular flexibility index (Phi) is 21.6. The van der Waals surface area contributed by atoms with Crippen molar-refractivity contribution in [3.8, 4) is 0 Å². The van der Waals surface area contributed by atoms with Crippen LogP contribution in [0, 0.1) is 39.4 Å². The third kappa shape index (κ3) is 13.4. The van der Waals surface area contributed by atoms with Crippen molar-refractivity contribution in [2.24, 2.45) is 39.4 Å². The van der Waals surface area contributed by atoms with Gasteiger partial charge in [-0.15, -0.1) is 0 Å². The number of aliphatic hydroxyl groups excluding tert-OH is 10. The molecule has 6 heterocycles. The van der Waals surface area contributed by atoms with E-state index in [1.165, 1.54) is 21.0 Å². The summed E-state index contributed by atoms with van der Waals surface area (Å²) in [5.41, 5.74) is -3.34. The zero-order valence-electron chi connectivity index (χ0n) is 54.4. The first-order chi connectivity index (χ1) is 43.5. The van der Waals surface area contributed by atoms with Crippen molar-refractivity contribution in [2.75, 3.05) is 40.1 Å². The second kappa shape index (κ2) is 27.5. The predicted octanol–water partition coefficient (Wildman–Crippen LogP) is -0.902. The summed E-state index contributed by atoms with van der Waals surface area (Å²) in [4.78, 5) is 27.8. The Labute approximate surface area is 540 Å². The van der Waals surface area contributed by atoms with Crippen LogP contribution in [0.15, 0.2) is 23.8 Å². The van der Waals surface area contributed by atoms with E-state index in [2.05, 4.69) is 33.8 Å². The minimum atomic E-state index is -5.27. The van der Waals surface area contributed by atoms with Crippen molar-refractivity contribution in [1.29, 1.82) is 0 Å². The number of hydrogen-bond donors (Lipinski definition) is 11. The lowest BCUT2D eigenvalue weighted by atomic mass is 9.41. The average molecular weight is 1360 g/mol. The van der Waals surface area contributed by atoms with Gasteiger partial charge in [-0.3, -0.25) is 14.1 Å². The molecule has 4 aliphatic carbocycles. The lowest BCUT2D eigenvalue weighted by Gasteiger charge is -2.64. The molecule has 30 nitrogen and oxygen atoms in total. The van der Waals surface area contributed by atoms with E-state index in [0.29, 0.717) is 51.6 Å². The van der Waals surface area contributed by atoms with Crippen LogP contribution in [0.2, 0.25) is 0 Å². The number of carbonyl (C=O) groups excluding carboxylic acids is 2. The molecule has 10 aliphatic rings. The Balaban J connectivity index is 0.914. The van der Waals surface area contributed by atoms with Crippen molar-refractivity contribution in [3.05, 3.63) is 23.8 Å². The van der Waals surface area contributed by atoms with E-state index in [-0.39, 0.29) is 24.4 Å². The third-order valence-electron chi connectivity index (χ3n) is 22.2. The molecule has 0 bridgehead atoms. The summed E-state index contributed by atoms with van der Waals surface area (Å²) in [6, 6.07) is 0. The fraction of sp³-hybridized carbons (Fsp3) is 0.903. The van der Waals surface area contributed by atoms with Crippen molar-refractivity contribution < 1.29 is 144 Å². The first-order valence-electron chi connectivity index (χ1n) is 32.3. The number of carbonyl (C=O) groups is 2. The number of allylic oxidation sites excluding steroid dienone is 2. The maximum atomic E-state index is 14.9. The Morgan fingerprint density at radius 3 is 2.00 bits per heavy atom. The fourth-order valence-electron chi connectivity index (χ4n) is 17.8. The largest absolute Gasteiger partial charge is 0.462 e. The smallest absolute Gasteiger partial charge is 0.397 e. The van der Waals surface area contributed by atoms with Crippen LogP contribution in [-0.4, -0.2) is 275 Å². The highest BCUT2D eigenvalue weighted by Crippen LogP contribution is 2.77. The number of rotatable bonds is 20. The van der Waals surface area contributed by atoms with Gasteiger partial charge in [0.05, 0.1) is 55.6 Å². The minimum absolute atomic E-state index is 0.0363. The Morgan fingerprint density at radius 2 is 1.34 bits per heavy atom. The number of methoxy groups -OCH3 is 1. The molecule has 0 radical (unpaired) electrons. The van der Waals surface area contributed by atoms with Crippen molar-refractivity contribution in [2.45, 2.75) is 273 Å². The maximum absolute atomic E-state index is 14.9. The first kappa shape index (κ1) is 73.1. The topological polar surface area (TPSA) is 429 Å². The summed E-state index contributed by atoms with van der Waals surface area (Å²) in [6.45, 7) is 17.0. The molecule has 10 rings (SSSR count). The van der Waals surface area contributed by atoms with Crippen LogP contribution in [0.3, 0.4) is 0 Å². The Morgan fingerprint density at radius 1 is 0.720 bits per heavy atom. The van der Waals surface area contributed by atoms with Crippen molar-refractivity contribution in [1.82, 2.24) is 0 Å². The molecule has 31 heteroatoms. The van der Waals surface area contributed by atoms with E-state index in [1.54, 1.807) is 0 Å². The molecule has 0 aromatic carbocycles.